The van der Waals surface area contributed by atoms with Crippen LogP contribution >= 0.6 is 35.6 Å². The second-order valence-corrected chi connectivity index (χ2v) is 13.2. The molecular formula is C26H27ClF2O5S2. The number of carbonyl (C=O) groups is 3. The molecule has 9 atom stereocenters. The summed E-state index contributed by atoms with van der Waals surface area (Å²) < 4.78 is 39.2. The summed E-state index contributed by atoms with van der Waals surface area (Å²) in [5.41, 5.74) is -6.78. The molecule has 0 aromatic carbocycles. The van der Waals surface area contributed by atoms with Gasteiger partial charge in [-0.1, -0.05) is 31.5 Å². The van der Waals surface area contributed by atoms with Crippen LogP contribution in [0.5, 0.6) is 0 Å². The van der Waals surface area contributed by atoms with Gasteiger partial charge < -0.3 is 9.84 Å². The van der Waals surface area contributed by atoms with Crippen LogP contribution in [0, 0.1) is 28.6 Å². The highest BCUT2D eigenvalue weighted by Gasteiger charge is 2.78. The maximum absolute atomic E-state index is 17.3. The molecular weight excluding hydrogens is 530 g/mol. The lowest BCUT2D eigenvalue weighted by atomic mass is 9.44. The van der Waals surface area contributed by atoms with Crippen LogP contribution in [0.25, 0.3) is 0 Å². The average molecular weight is 557 g/mol. The van der Waals surface area contributed by atoms with E-state index < -0.39 is 69.0 Å². The molecule has 1 aromatic rings. The molecule has 5 nitrogen and oxygen atoms in total. The molecule has 36 heavy (non-hydrogen) atoms. The van der Waals surface area contributed by atoms with Crippen molar-refractivity contribution in [1.29, 1.82) is 0 Å². The summed E-state index contributed by atoms with van der Waals surface area (Å²) in [6.07, 6.45) is 0.313. The number of allylic oxidation sites excluding steroid dienone is 4. The van der Waals surface area contributed by atoms with E-state index in [-0.39, 0.29) is 29.7 Å². The Kier molecular flexibility index (Phi) is 5.96. The van der Waals surface area contributed by atoms with E-state index >= 15 is 8.78 Å². The molecule has 0 spiro atoms. The number of rotatable bonds is 3. The van der Waals surface area contributed by atoms with E-state index in [0.29, 0.717) is 4.34 Å². The molecule has 10 heteroatoms. The highest BCUT2D eigenvalue weighted by Crippen LogP contribution is 2.71. The number of alkyl halides is 2. The molecule has 1 heterocycles. The molecule has 4 aliphatic rings. The highest BCUT2D eigenvalue weighted by atomic mass is 35.5. The second kappa shape index (κ2) is 8.22. The van der Waals surface area contributed by atoms with E-state index in [0.717, 1.165) is 17.4 Å². The van der Waals surface area contributed by atoms with Crippen molar-refractivity contribution in [3.05, 3.63) is 45.1 Å². The smallest absolute Gasteiger partial charge is 0.349 e. The SMILES string of the molecule is CC1C[C@H]2[C@@H]3CC(F)C4=CC(=O)C=C[C@]4(C)C3(F)C(O)C[C@]2(C)C1(OC(=O)c1ccc(Cl)s1)C(=O)S. The predicted octanol–water partition coefficient (Wildman–Crippen LogP) is 5.32. The van der Waals surface area contributed by atoms with Crippen LogP contribution in [0.15, 0.2) is 35.9 Å². The van der Waals surface area contributed by atoms with Gasteiger partial charge in [0, 0.05) is 22.7 Å². The van der Waals surface area contributed by atoms with Crippen molar-refractivity contribution in [3.63, 3.8) is 0 Å². The fourth-order valence-corrected chi connectivity index (χ4v) is 9.30. The average Bonchev–Trinajstić information content (AvgIpc) is 3.32. The Morgan fingerprint density at radius 3 is 2.56 bits per heavy atom. The third-order valence-electron chi connectivity index (χ3n) is 9.51. The van der Waals surface area contributed by atoms with Gasteiger partial charge in [-0.05, 0) is 62.0 Å². The van der Waals surface area contributed by atoms with E-state index in [9.17, 15) is 19.5 Å². The first-order chi connectivity index (χ1) is 16.7. The van der Waals surface area contributed by atoms with Crippen molar-refractivity contribution in [2.75, 3.05) is 0 Å². The third-order valence-corrected chi connectivity index (χ3v) is 11.1. The summed E-state index contributed by atoms with van der Waals surface area (Å²) in [6.45, 7) is 4.96. The summed E-state index contributed by atoms with van der Waals surface area (Å²) in [5.74, 6) is -3.34. The van der Waals surface area contributed by atoms with E-state index in [4.69, 9.17) is 16.3 Å². The number of fused-ring (bicyclic) bond motifs is 5. The van der Waals surface area contributed by atoms with Gasteiger partial charge in [0.15, 0.2) is 17.1 Å². The molecule has 4 aliphatic carbocycles. The van der Waals surface area contributed by atoms with Crippen LogP contribution < -0.4 is 0 Å². The number of aliphatic hydroxyl groups is 1. The first kappa shape index (κ1) is 26.1. The lowest BCUT2D eigenvalue weighted by Gasteiger charge is -2.63. The van der Waals surface area contributed by atoms with Gasteiger partial charge in [-0.3, -0.25) is 9.59 Å². The molecule has 1 aromatic heterocycles. The molecule has 0 bridgehead atoms. The van der Waals surface area contributed by atoms with E-state index in [1.54, 1.807) is 19.9 Å². The number of carbonyl (C=O) groups excluding carboxylic acids is 3. The maximum Gasteiger partial charge on any atom is 0.349 e. The Labute approximate surface area is 222 Å². The van der Waals surface area contributed by atoms with Gasteiger partial charge in [0.25, 0.3) is 0 Å². The first-order valence-corrected chi connectivity index (χ1v) is 13.5. The number of halogens is 3. The van der Waals surface area contributed by atoms with Gasteiger partial charge in [0.1, 0.15) is 11.0 Å². The fraction of sp³-hybridized carbons (Fsp3) is 0.577. The monoisotopic (exact) mass is 556 g/mol. The van der Waals surface area contributed by atoms with Crippen LogP contribution in [0.2, 0.25) is 4.34 Å². The molecule has 1 N–H and O–H groups in total. The molecule has 194 valence electrons. The number of hydrogen-bond acceptors (Lipinski definition) is 6. The van der Waals surface area contributed by atoms with Gasteiger partial charge in [-0.25, -0.2) is 13.6 Å². The number of aliphatic hydroxyl groups excluding tert-OH is 1. The van der Waals surface area contributed by atoms with Gasteiger partial charge >= 0.3 is 5.97 Å². The lowest BCUT2D eigenvalue weighted by molar-refractivity contribution is -0.221. The zero-order chi connectivity index (χ0) is 26.4. The number of thiol groups is 1. The number of ether oxygens (including phenoxy) is 1. The van der Waals surface area contributed by atoms with Gasteiger partial charge in [-0.2, -0.15) is 0 Å². The topological polar surface area (TPSA) is 80.7 Å². The normalized spacial score (nSPS) is 45.4. The van der Waals surface area contributed by atoms with Gasteiger partial charge in [0.2, 0.25) is 5.12 Å². The standard InChI is InChI=1S/C26H27ClF2O5S2/c1-12-8-14-15-10-17(28)16-9-13(30)6-7-23(16,2)25(15,29)19(31)11-24(14,3)26(12,22(33)35)34-21(32)18-4-5-20(27)36-18/h4-7,9,12,14-15,17,19,31H,8,10-11H2,1-3H3,(H,33,35)/t12?,14-,15-,17?,19?,23-,24-,25?,26?/m0/s1. The molecule has 0 amide bonds. The van der Waals surface area contributed by atoms with Gasteiger partial charge in [-0.15, -0.1) is 24.0 Å². The summed E-state index contributed by atoms with van der Waals surface area (Å²) in [4.78, 5) is 38.5. The van der Waals surface area contributed by atoms with Gasteiger partial charge in [0.05, 0.1) is 10.4 Å². The molecule has 5 rings (SSSR count). The molecule has 0 saturated heterocycles. The van der Waals surface area contributed by atoms with Crippen molar-refractivity contribution in [3.8, 4) is 0 Å². The molecule has 0 radical (unpaired) electrons. The van der Waals surface area contributed by atoms with Crippen LogP contribution in [0.3, 0.4) is 0 Å². The maximum atomic E-state index is 17.3. The third kappa shape index (κ3) is 3.12. The van der Waals surface area contributed by atoms with Crippen molar-refractivity contribution in [1.82, 2.24) is 0 Å². The van der Waals surface area contributed by atoms with Crippen molar-refractivity contribution in [2.24, 2.45) is 28.6 Å². The second-order valence-electron chi connectivity index (χ2n) is 11.0. The van der Waals surface area contributed by atoms with Crippen molar-refractivity contribution < 1.29 is 33.0 Å². The largest absolute Gasteiger partial charge is 0.445 e. The Bertz CT molecular complexity index is 1230. The van der Waals surface area contributed by atoms with Crippen LogP contribution in [-0.2, 0) is 14.3 Å². The van der Waals surface area contributed by atoms with Crippen LogP contribution in [-0.4, -0.2) is 45.5 Å². The summed E-state index contributed by atoms with van der Waals surface area (Å²) >= 11 is 11.1. The van der Waals surface area contributed by atoms with Crippen molar-refractivity contribution in [2.45, 2.75) is 63.6 Å². The summed E-state index contributed by atoms with van der Waals surface area (Å²) in [7, 11) is 0. The Morgan fingerprint density at radius 2 is 1.94 bits per heavy atom. The van der Waals surface area contributed by atoms with E-state index in [1.165, 1.54) is 25.1 Å². The lowest BCUT2D eigenvalue weighted by Crippen LogP contribution is -2.70. The minimum absolute atomic E-state index is 0.0278. The Balaban J connectivity index is 1.61. The van der Waals surface area contributed by atoms with Crippen LogP contribution in [0.4, 0.5) is 8.78 Å². The number of ketones is 1. The van der Waals surface area contributed by atoms with Crippen LogP contribution in [0.1, 0.15) is 49.7 Å². The predicted molar refractivity (Wildman–Crippen MR) is 135 cm³/mol. The quantitative estimate of drug-likeness (QED) is 0.389. The highest BCUT2D eigenvalue weighted by molar-refractivity contribution is 7.96. The van der Waals surface area contributed by atoms with E-state index in [2.05, 4.69) is 12.6 Å². The minimum Gasteiger partial charge on any atom is -0.445 e. The summed E-state index contributed by atoms with van der Waals surface area (Å²) in [6, 6.07) is 3.04. The summed E-state index contributed by atoms with van der Waals surface area (Å²) in [5, 5.41) is 10.8. The Hall–Kier alpha value is -1.55. The molecule has 3 saturated carbocycles. The number of hydrogen-bond donors (Lipinski definition) is 2. The zero-order valence-electron chi connectivity index (χ0n) is 20.0. The first-order valence-electron chi connectivity index (χ1n) is 11.9. The Morgan fingerprint density at radius 1 is 1.25 bits per heavy atom. The molecule has 3 fully saturated rings. The molecule has 5 unspecified atom stereocenters. The van der Waals surface area contributed by atoms with Crippen molar-refractivity contribution >= 4 is 52.4 Å². The minimum atomic E-state index is -2.29. The number of thiophene rings is 1. The fourth-order valence-electron chi connectivity index (χ4n) is 7.86. The van der Waals surface area contributed by atoms with E-state index in [1.807, 2.05) is 0 Å². The zero-order valence-corrected chi connectivity index (χ0v) is 22.4. The number of esters is 1. The molecule has 0 aliphatic heterocycles.